The van der Waals surface area contributed by atoms with Gasteiger partial charge in [0.15, 0.2) is 6.29 Å². The molecule has 0 aliphatic heterocycles. The van der Waals surface area contributed by atoms with Gasteiger partial charge in [-0.15, -0.1) is 0 Å². The lowest BCUT2D eigenvalue weighted by Crippen LogP contribution is -2.52. The van der Waals surface area contributed by atoms with E-state index < -0.39 is 11.9 Å². The minimum Gasteiger partial charge on any atom is -0.352 e. The van der Waals surface area contributed by atoms with Crippen LogP contribution in [0.15, 0.2) is 12.1 Å². The zero-order valence-corrected chi connectivity index (χ0v) is 15.2. The lowest BCUT2D eigenvalue weighted by Gasteiger charge is -2.25. The first-order chi connectivity index (χ1) is 11.3. The molecule has 0 aliphatic carbocycles. The summed E-state index contributed by atoms with van der Waals surface area (Å²) in [6.45, 7) is 10.0. The van der Waals surface area contributed by atoms with E-state index in [4.69, 9.17) is 0 Å². The molecule has 1 heterocycles. The highest BCUT2D eigenvalue weighted by atomic mass is 16.2. The second-order valence-corrected chi connectivity index (χ2v) is 6.88. The maximum absolute atomic E-state index is 12.6. The molecule has 6 nitrogen and oxygen atoms in total. The molecular formula is C18H29N3O3. The van der Waals surface area contributed by atoms with Gasteiger partial charge >= 0.3 is 0 Å². The predicted octanol–water partition coefficient (Wildman–Crippen LogP) is 2.52. The summed E-state index contributed by atoms with van der Waals surface area (Å²) in [4.78, 5) is 38.3. The van der Waals surface area contributed by atoms with E-state index in [9.17, 15) is 14.4 Å². The number of aldehydes is 1. The Kier molecular flexibility index (Phi) is 7.68. The molecule has 134 valence electrons. The highest BCUT2D eigenvalue weighted by Gasteiger charge is 2.26. The van der Waals surface area contributed by atoms with E-state index in [1.54, 1.807) is 0 Å². The van der Waals surface area contributed by atoms with Gasteiger partial charge in [-0.2, -0.15) is 0 Å². The minimum atomic E-state index is -0.623. The van der Waals surface area contributed by atoms with Crippen LogP contribution >= 0.6 is 0 Å². The second-order valence-electron chi connectivity index (χ2n) is 6.88. The van der Waals surface area contributed by atoms with Crippen LogP contribution in [0.25, 0.3) is 0 Å². The Bertz CT molecular complexity index is 564. The molecule has 0 aromatic carbocycles. The number of rotatable bonds is 9. The van der Waals surface area contributed by atoms with E-state index in [0.717, 1.165) is 12.8 Å². The van der Waals surface area contributed by atoms with Gasteiger partial charge in [0.05, 0.1) is 5.69 Å². The number of H-pyrrole nitrogens is 1. The normalized spacial score (nSPS) is 13.6. The van der Waals surface area contributed by atoms with Crippen LogP contribution in [0.4, 0.5) is 0 Å². The van der Waals surface area contributed by atoms with Crippen LogP contribution in [-0.2, 0) is 4.79 Å². The van der Waals surface area contributed by atoms with Crippen molar-refractivity contribution in [1.29, 1.82) is 0 Å². The smallest absolute Gasteiger partial charge is 0.268 e. The number of aromatic nitrogens is 1. The fourth-order valence-corrected chi connectivity index (χ4v) is 2.55. The molecule has 1 aromatic rings. The monoisotopic (exact) mass is 335 g/mol. The maximum Gasteiger partial charge on any atom is 0.268 e. The molecule has 0 bridgehead atoms. The lowest BCUT2D eigenvalue weighted by atomic mass is 9.99. The highest BCUT2D eigenvalue weighted by Crippen LogP contribution is 2.10. The Balaban J connectivity index is 2.76. The molecule has 2 amide bonds. The van der Waals surface area contributed by atoms with Gasteiger partial charge < -0.3 is 15.6 Å². The Morgan fingerprint density at radius 2 is 1.83 bits per heavy atom. The van der Waals surface area contributed by atoms with Crippen molar-refractivity contribution in [2.24, 2.45) is 11.8 Å². The minimum absolute atomic E-state index is 0.0500. The van der Waals surface area contributed by atoms with Crippen LogP contribution in [0.1, 0.15) is 68.4 Å². The lowest BCUT2D eigenvalue weighted by molar-refractivity contribution is -0.124. The first-order valence-corrected chi connectivity index (χ1v) is 8.53. The van der Waals surface area contributed by atoms with E-state index in [2.05, 4.69) is 29.5 Å². The standard InChI is InChI=1S/C18H29N3O3/c1-6-13(9-11(2)3)20-18(24)16(12(4)5)21-17(23)15-8-7-14(10-22)19-15/h7-8,10-13,16,19H,6,9H2,1-5H3,(H,20,24)(H,21,23)/t13-,16+/m1/s1. The molecule has 24 heavy (non-hydrogen) atoms. The van der Waals surface area contributed by atoms with Crippen molar-refractivity contribution < 1.29 is 14.4 Å². The van der Waals surface area contributed by atoms with Gasteiger partial charge in [0.25, 0.3) is 5.91 Å². The van der Waals surface area contributed by atoms with Crippen LogP contribution in [0, 0.1) is 11.8 Å². The van der Waals surface area contributed by atoms with Crippen molar-refractivity contribution >= 4 is 18.1 Å². The molecule has 6 heteroatoms. The van der Waals surface area contributed by atoms with E-state index >= 15 is 0 Å². The van der Waals surface area contributed by atoms with Gasteiger partial charge in [-0.1, -0.05) is 34.6 Å². The fraction of sp³-hybridized carbons (Fsp3) is 0.611. The number of carbonyl (C=O) groups is 3. The van der Waals surface area contributed by atoms with Gasteiger partial charge in [-0.25, -0.2) is 0 Å². The summed E-state index contributed by atoms with van der Waals surface area (Å²) in [5.41, 5.74) is 0.596. The van der Waals surface area contributed by atoms with Crippen LogP contribution < -0.4 is 10.6 Å². The third kappa shape index (κ3) is 5.83. The van der Waals surface area contributed by atoms with E-state index in [1.165, 1.54) is 12.1 Å². The Morgan fingerprint density at radius 1 is 1.17 bits per heavy atom. The van der Waals surface area contributed by atoms with Crippen molar-refractivity contribution in [3.05, 3.63) is 23.5 Å². The molecule has 0 fully saturated rings. The molecule has 1 rings (SSSR count). The predicted molar refractivity (Wildman–Crippen MR) is 93.9 cm³/mol. The highest BCUT2D eigenvalue weighted by molar-refractivity contribution is 5.97. The number of hydrogen-bond donors (Lipinski definition) is 3. The molecule has 0 aliphatic rings. The molecule has 0 saturated heterocycles. The number of amides is 2. The van der Waals surface area contributed by atoms with Crippen molar-refractivity contribution in [2.75, 3.05) is 0 Å². The third-order valence-electron chi connectivity index (χ3n) is 3.91. The quantitative estimate of drug-likeness (QED) is 0.606. The second kappa shape index (κ2) is 9.25. The molecular weight excluding hydrogens is 306 g/mol. The van der Waals surface area contributed by atoms with Gasteiger partial charge in [-0.05, 0) is 36.8 Å². The van der Waals surface area contributed by atoms with E-state index in [1.807, 2.05) is 20.8 Å². The van der Waals surface area contributed by atoms with E-state index in [-0.39, 0.29) is 23.6 Å². The number of nitrogens with one attached hydrogen (secondary N) is 3. The zero-order chi connectivity index (χ0) is 18.3. The summed E-state index contributed by atoms with van der Waals surface area (Å²) in [6, 6.07) is 2.54. The maximum atomic E-state index is 12.6. The molecule has 2 atom stereocenters. The summed E-state index contributed by atoms with van der Waals surface area (Å²) in [7, 11) is 0. The summed E-state index contributed by atoms with van der Waals surface area (Å²) < 4.78 is 0. The van der Waals surface area contributed by atoms with Gasteiger partial charge in [0.1, 0.15) is 11.7 Å². The number of carbonyl (C=O) groups excluding carboxylic acids is 3. The molecule has 1 aromatic heterocycles. The molecule has 0 unspecified atom stereocenters. The molecule has 0 spiro atoms. The average molecular weight is 335 g/mol. The van der Waals surface area contributed by atoms with Crippen molar-refractivity contribution in [3.8, 4) is 0 Å². The zero-order valence-electron chi connectivity index (χ0n) is 15.2. The van der Waals surface area contributed by atoms with Crippen molar-refractivity contribution in [3.63, 3.8) is 0 Å². The summed E-state index contributed by atoms with van der Waals surface area (Å²) in [6.07, 6.45) is 2.39. The third-order valence-corrected chi connectivity index (χ3v) is 3.91. The summed E-state index contributed by atoms with van der Waals surface area (Å²) >= 11 is 0. The molecule has 0 saturated carbocycles. The van der Waals surface area contributed by atoms with Crippen LogP contribution in [0.3, 0.4) is 0 Å². The SMILES string of the molecule is CC[C@H](CC(C)C)NC(=O)[C@@H](NC(=O)c1ccc(C=O)[nH]1)C(C)C. The molecule has 0 radical (unpaired) electrons. The topological polar surface area (TPSA) is 91.1 Å². The average Bonchev–Trinajstić information content (AvgIpc) is 2.99. The first-order valence-electron chi connectivity index (χ1n) is 8.53. The molecule has 3 N–H and O–H groups in total. The largest absolute Gasteiger partial charge is 0.352 e. The number of hydrogen-bond acceptors (Lipinski definition) is 3. The van der Waals surface area contributed by atoms with Crippen molar-refractivity contribution in [2.45, 2.75) is 59.5 Å². The van der Waals surface area contributed by atoms with Crippen molar-refractivity contribution in [1.82, 2.24) is 15.6 Å². The van der Waals surface area contributed by atoms with Crippen LogP contribution in [0.5, 0.6) is 0 Å². The Morgan fingerprint density at radius 3 is 2.29 bits per heavy atom. The number of aromatic amines is 1. The Hall–Kier alpha value is -2.11. The summed E-state index contributed by atoms with van der Waals surface area (Å²) in [5.74, 6) is -0.129. The van der Waals surface area contributed by atoms with Crippen LogP contribution in [-0.4, -0.2) is 35.2 Å². The summed E-state index contributed by atoms with van der Waals surface area (Å²) in [5, 5.41) is 5.79. The van der Waals surface area contributed by atoms with Gasteiger partial charge in [-0.3, -0.25) is 14.4 Å². The van der Waals surface area contributed by atoms with Gasteiger partial charge in [0, 0.05) is 6.04 Å². The van der Waals surface area contributed by atoms with Gasteiger partial charge in [0.2, 0.25) is 5.91 Å². The Labute approximate surface area is 143 Å². The first kappa shape index (κ1) is 19.9. The van der Waals surface area contributed by atoms with Crippen LogP contribution in [0.2, 0.25) is 0 Å². The fourth-order valence-electron chi connectivity index (χ4n) is 2.55. The van der Waals surface area contributed by atoms with E-state index in [0.29, 0.717) is 17.9 Å².